The van der Waals surface area contributed by atoms with E-state index in [1.165, 1.54) is 0 Å². The minimum Gasteiger partial charge on any atom is -0.497 e. The monoisotopic (exact) mass is 440 g/mol. The summed E-state index contributed by atoms with van der Waals surface area (Å²) in [6, 6.07) is 14.0. The van der Waals surface area contributed by atoms with Crippen LogP contribution in [-0.4, -0.2) is 25.0 Å². The normalized spacial score (nSPS) is 11.3. The summed E-state index contributed by atoms with van der Waals surface area (Å²) in [7, 11) is 1.57. The van der Waals surface area contributed by atoms with Crippen LogP contribution >= 0.6 is 22.6 Å². The SMILES string of the molecule is COc1ccc(OC(C)C(=O)NNC(=O)c2ccccc2I)cc1. The van der Waals surface area contributed by atoms with E-state index >= 15 is 0 Å². The lowest BCUT2D eigenvalue weighted by molar-refractivity contribution is -0.128. The molecule has 2 amide bonds. The van der Waals surface area contributed by atoms with E-state index in [2.05, 4.69) is 33.4 Å². The number of nitrogens with one attached hydrogen (secondary N) is 2. The summed E-state index contributed by atoms with van der Waals surface area (Å²) in [5, 5.41) is 0. The number of carbonyl (C=O) groups excluding carboxylic acids is 2. The van der Waals surface area contributed by atoms with Gasteiger partial charge < -0.3 is 9.47 Å². The first-order chi connectivity index (χ1) is 11.5. The van der Waals surface area contributed by atoms with Crippen molar-refractivity contribution in [2.24, 2.45) is 0 Å². The molecule has 2 rings (SSSR count). The van der Waals surface area contributed by atoms with E-state index in [1.807, 2.05) is 12.1 Å². The van der Waals surface area contributed by atoms with Gasteiger partial charge in [-0.1, -0.05) is 12.1 Å². The topological polar surface area (TPSA) is 76.7 Å². The molecular weight excluding hydrogens is 423 g/mol. The molecule has 2 aromatic rings. The molecule has 1 unspecified atom stereocenters. The van der Waals surface area contributed by atoms with E-state index < -0.39 is 12.0 Å². The van der Waals surface area contributed by atoms with Gasteiger partial charge in [0.05, 0.1) is 12.7 Å². The Balaban J connectivity index is 1.87. The third-order valence-corrected chi connectivity index (χ3v) is 4.10. The summed E-state index contributed by atoms with van der Waals surface area (Å²) in [5.41, 5.74) is 5.23. The van der Waals surface area contributed by atoms with Crippen LogP contribution in [0.5, 0.6) is 11.5 Å². The highest BCUT2D eigenvalue weighted by molar-refractivity contribution is 14.1. The van der Waals surface area contributed by atoms with Crippen LogP contribution in [0.3, 0.4) is 0 Å². The number of methoxy groups -OCH3 is 1. The fourth-order valence-corrected chi connectivity index (χ4v) is 2.48. The van der Waals surface area contributed by atoms with E-state index in [0.29, 0.717) is 17.1 Å². The van der Waals surface area contributed by atoms with Crippen LogP contribution in [0.25, 0.3) is 0 Å². The molecule has 7 heteroatoms. The number of halogens is 1. The average molecular weight is 440 g/mol. The number of ether oxygens (including phenoxy) is 2. The molecule has 0 aliphatic carbocycles. The third-order valence-electron chi connectivity index (χ3n) is 3.16. The van der Waals surface area contributed by atoms with E-state index in [1.54, 1.807) is 50.4 Å². The van der Waals surface area contributed by atoms with Crippen LogP contribution in [0.4, 0.5) is 0 Å². The maximum Gasteiger partial charge on any atom is 0.279 e. The molecule has 126 valence electrons. The van der Waals surface area contributed by atoms with Crippen molar-refractivity contribution in [2.45, 2.75) is 13.0 Å². The Morgan fingerprint density at radius 3 is 2.25 bits per heavy atom. The highest BCUT2D eigenvalue weighted by Gasteiger charge is 2.16. The van der Waals surface area contributed by atoms with Gasteiger partial charge >= 0.3 is 0 Å². The number of rotatable bonds is 5. The molecule has 2 aromatic carbocycles. The number of hydrazine groups is 1. The maximum absolute atomic E-state index is 12.0. The van der Waals surface area contributed by atoms with Crippen molar-refractivity contribution < 1.29 is 19.1 Å². The van der Waals surface area contributed by atoms with Gasteiger partial charge in [-0.3, -0.25) is 20.4 Å². The van der Waals surface area contributed by atoms with Crippen molar-refractivity contribution >= 4 is 34.4 Å². The van der Waals surface area contributed by atoms with Crippen molar-refractivity contribution in [3.05, 3.63) is 57.7 Å². The Morgan fingerprint density at radius 2 is 1.62 bits per heavy atom. The maximum atomic E-state index is 12.0. The summed E-state index contributed by atoms with van der Waals surface area (Å²) in [4.78, 5) is 24.0. The molecule has 0 fully saturated rings. The van der Waals surface area contributed by atoms with Crippen molar-refractivity contribution in [3.8, 4) is 11.5 Å². The molecule has 0 saturated carbocycles. The van der Waals surface area contributed by atoms with Gasteiger partial charge in [-0.15, -0.1) is 0 Å². The molecule has 0 aromatic heterocycles. The zero-order valence-electron chi connectivity index (χ0n) is 13.2. The second kappa shape index (κ2) is 8.53. The van der Waals surface area contributed by atoms with Crippen LogP contribution in [-0.2, 0) is 4.79 Å². The van der Waals surface area contributed by atoms with Gasteiger partial charge in [0.2, 0.25) is 0 Å². The molecule has 0 aliphatic rings. The predicted molar refractivity (Wildman–Crippen MR) is 97.9 cm³/mol. The summed E-state index contributed by atoms with van der Waals surface area (Å²) in [6.07, 6.45) is -0.770. The average Bonchev–Trinajstić information content (AvgIpc) is 2.60. The van der Waals surface area contributed by atoms with Crippen LogP contribution < -0.4 is 20.3 Å². The molecule has 2 N–H and O–H groups in total. The third kappa shape index (κ3) is 4.85. The number of hydrogen-bond acceptors (Lipinski definition) is 4. The lowest BCUT2D eigenvalue weighted by Gasteiger charge is -2.15. The minimum absolute atomic E-state index is 0.384. The second-order valence-electron chi connectivity index (χ2n) is 4.86. The Labute approximate surface area is 153 Å². The minimum atomic E-state index is -0.770. The van der Waals surface area contributed by atoms with Gasteiger partial charge in [0.15, 0.2) is 6.10 Å². The number of hydrogen-bond donors (Lipinski definition) is 2. The van der Waals surface area contributed by atoms with Gasteiger partial charge in [-0.25, -0.2) is 0 Å². The number of amides is 2. The first-order valence-corrected chi connectivity index (χ1v) is 8.24. The van der Waals surface area contributed by atoms with E-state index in [-0.39, 0.29) is 5.91 Å². The summed E-state index contributed by atoms with van der Waals surface area (Å²) < 4.78 is 11.4. The molecular formula is C17H17IN2O4. The zero-order valence-corrected chi connectivity index (χ0v) is 15.4. The van der Waals surface area contributed by atoms with Crippen LogP contribution in [0, 0.1) is 3.57 Å². The van der Waals surface area contributed by atoms with Gasteiger partial charge in [0, 0.05) is 3.57 Å². The van der Waals surface area contributed by atoms with Gasteiger partial charge in [-0.05, 0) is 65.9 Å². The fourth-order valence-electron chi connectivity index (χ4n) is 1.84. The zero-order chi connectivity index (χ0) is 17.5. The lowest BCUT2D eigenvalue weighted by Crippen LogP contribution is -2.47. The Kier molecular flexibility index (Phi) is 6.42. The first-order valence-electron chi connectivity index (χ1n) is 7.16. The second-order valence-corrected chi connectivity index (χ2v) is 6.02. The molecule has 0 bridgehead atoms. The quantitative estimate of drug-likeness (QED) is 0.554. The van der Waals surface area contributed by atoms with Crippen LogP contribution in [0.1, 0.15) is 17.3 Å². The largest absolute Gasteiger partial charge is 0.497 e. The molecule has 0 heterocycles. The standard InChI is InChI=1S/C17H17IN2O4/c1-11(24-13-9-7-12(23-2)8-10-13)16(21)19-20-17(22)14-5-3-4-6-15(14)18/h3-11H,1-2H3,(H,19,21)(H,20,22). The summed E-state index contributed by atoms with van der Waals surface area (Å²) in [6.45, 7) is 1.60. The highest BCUT2D eigenvalue weighted by Crippen LogP contribution is 2.18. The fraction of sp³-hybridized carbons (Fsp3) is 0.176. The van der Waals surface area contributed by atoms with Gasteiger partial charge in [0.25, 0.3) is 11.8 Å². The molecule has 0 aliphatic heterocycles. The molecule has 1 atom stereocenters. The molecule has 0 spiro atoms. The molecule has 6 nitrogen and oxygen atoms in total. The number of carbonyl (C=O) groups is 2. The highest BCUT2D eigenvalue weighted by atomic mass is 127. The smallest absolute Gasteiger partial charge is 0.279 e. The van der Waals surface area contributed by atoms with E-state index in [4.69, 9.17) is 9.47 Å². The molecule has 0 radical (unpaired) electrons. The van der Waals surface area contributed by atoms with Crippen LogP contribution in [0.15, 0.2) is 48.5 Å². The number of benzene rings is 2. The van der Waals surface area contributed by atoms with Crippen molar-refractivity contribution in [1.29, 1.82) is 0 Å². The van der Waals surface area contributed by atoms with E-state index in [9.17, 15) is 9.59 Å². The van der Waals surface area contributed by atoms with Gasteiger partial charge in [-0.2, -0.15) is 0 Å². The summed E-state index contributed by atoms with van der Waals surface area (Å²) in [5.74, 6) is 0.390. The van der Waals surface area contributed by atoms with Crippen molar-refractivity contribution in [1.82, 2.24) is 10.9 Å². The predicted octanol–water partition coefficient (Wildman–Crippen LogP) is 2.53. The summed E-state index contributed by atoms with van der Waals surface area (Å²) >= 11 is 2.06. The van der Waals surface area contributed by atoms with Crippen molar-refractivity contribution in [3.63, 3.8) is 0 Å². The van der Waals surface area contributed by atoms with Gasteiger partial charge in [0.1, 0.15) is 11.5 Å². The Morgan fingerprint density at radius 1 is 1.00 bits per heavy atom. The lowest BCUT2D eigenvalue weighted by atomic mass is 10.2. The van der Waals surface area contributed by atoms with Crippen LogP contribution in [0.2, 0.25) is 0 Å². The van der Waals surface area contributed by atoms with Crippen molar-refractivity contribution in [2.75, 3.05) is 7.11 Å². The van der Waals surface area contributed by atoms with E-state index in [0.717, 1.165) is 3.57 Å². The Hall–Kier alpha value is -2.29. The molecule has 0 saturated heterocycles. The molecule has 24 heavy (non-hydrogen) atoms. The first kappa shape index (κ1) is 18.1. The Bertz CT molecular complexity index is 719.